The minimum Gasteiger partial charge on any atom is -0.373 e. The van der Waals surface area contributed by atoms with Crippen LogP contribution in [-0.4, -0.2) is 30.1 Å². The van der Waals surface area contributed by atoms with E-state index in [1.54, 1.807) is 313 Å². The number of pyridine rings is 1. The van der Waals surface area contributed by atoms with E-state index in [2.05, 4.69) is 66.0 Å². The van der Waals surface area contributed by atoms with E-state index in [1.165, 1.54) is 11.1 Å². The van der Waals surface area contributed by atoms with Crippen molar-refractivity contribution in [3.63, 3.8) is 0 Å². The number of hydrogen-bond donors (Lipinski definition) is 0. The number of likely N-dealkylation sites (tertiary alicyclic amines) is 1. The molecule has 5 aliphatic rings. The fraction of sp³-hybridized carbons (Fsp3) is 0.0875. The Balaban J connectivity index is 0.896. The molecule has 0 N–H and O–H groups in total. The summed E-state index contributed by atoms with van der Waals surface area (Å²) in [5.41, 5.74) is 11.2. The van der Waals surface area contributed by atoms with E-state index in [-0.39, 0.29) is 16.9 Å². The largest absolute Gasteiger partial charge is 0.373 e. The Bertz CT molecular complexity index is 7890. The van der Waals surface area contributed by atoms with E-state index in [0.29, 0.717) is 13.2 Å². The van der Waals surface area contributed by atoms with Crippen LogP contribution in [0.5, 0.6) is 0 Å². The lowest BCUT2D eigenvalue weighted by molar-refractivity contribution is 0.148. The maximum absolute atomic E-state index is 5.82. The molecule has 29 aromatic carbocycles. The summed E-state index contributed by atoms with van der Waals surface area (Å²) >= 11 is 0. The number of nitrogens with zero attached hydrogens (tertiary/aromatic N) is 2. The molecule has 0 amide bonds. The normalized spacial score (nSPS) is 22.1. The first-order valence-electron chi connectivity index (χ1n) is 30.6. The first-order valence-corrected chi connectivity index (χ1v) is 30.6. The Morgan fingerprint density at radius 3 is 1.00 bits per heavy atom. The van der Waals surface area contributed by atoms with Crippen molar-refractivity contribution in [1.29, 1.82) is 0 Å². The van der Waals surface area contributed by atoms with Gasteiger partial charge >= 0.3 is 0 Å². The van der Waals surface area contributed by atoms with Gasteiger partial charge in [0.05, 0.1) is 24.0 Å². The summed E-state index contributed by atoms with van der Waals surface area (Å²) in [5.74, 6) is 0. The highest BCUT2D eigenvalue weighted by molar-refractivity contribution is 6.82. The van der Waals surface area contributed by atoms with Gasteiger partial charge in [-0.25, -0.2) is 0 Å². The highest BCUT2D eigenvalue weighted by Gasteiger charge is 2.75. The number of likely N-dealkylation sites (N-methyl/N-ethyl adjacent to an activating group) is 1. The Labute approximate surface area is 458 Å². The van der Waals surface area contributed by atoms with Crippen LogP contribution in [0.2, 0.25) is 0 Å². The van der Waals surface area contributed by atoms with Crippen molar-refractivity contribution >= 4 is 303 Å². The maximum atomic E-state index is 5.82. The van der Waals surface area contributed by atoms with Crippen molar-refractivity contribution in [1.82, 2.24) is 9.88 Å². The molecule has 0 radical (unpaired) electrons. The summed E-state index contributed by atoms with van der Waals surface area (Å²) in [4.78, 5) is 7.56. The summed E-state index contributed by atoms with van der Waals surface area (Å²) in [6.45, 7) is 5.91. The molecule has 1 atom stereocenters. The standard InChI is InChI=1S/C80H22N2O/c1-3-10-83-14-18-11-17(12-81-13-18)5-4-16-6-8-19(9-7-16)78-80-76-70-64-54-42-34-26-22-20-21-24-28(26)36(42)46-40-32(24)33-25(21)29-27-23(20)31-30(22)38-44(34)52-58-48(38)49-39(31)45-35(27)43-37(29)47-41(33)51-50(40)62(56(46)64)72(76)73-63(51)57(47)65-55(43)61-53(45)59(49)67-66(58)74(68(70)60(52)54)79(80,15-82(78)2)75(67)69(61)71(65)77(73)80/h3-9,11-13,78H,1,10,14-15H2,2H3/b5-4+. The Morgan fingerprint density at radius 2 is 0.687 bits per heavy atom. The van der Waals surface area contributed by atoms with Gasteiger partial charge in [0.2, 0.25) is 0 Å². The summed E-state index contributed by atoms with van der Waals surface area (Å²) in [6.07, 6.45) is 10.2. The lowest BCUT2D eigenvalue weighted by Crippen LogP contribution is -2.51. The van der Waals surface area contributed by atoms with Crippen molar-refractivity contribution in [3.8, 4) is 0 Å². The molecular weight excluding hydrogens is 1000 g/mol. The molecule has 4 aliphatic carbocycles. The summed E-state index contributed by atoms with van der Waals surface area (Å²) in [5, 5.41) is 89.6. The quantitative estimate of drug-likeness (QED) is 0.0904. The first kappa shape index (κ1) is 33.9. The Morgan fingerprint density at radius 1 is 0.398 bits per heavy atom. The molecule has 35 rings (SSSR count). The van der Waals surface area contributed by atoms with Crippen LogP contribution in [0.4, 0.5) is 0 Å². The molecular formula is C80H22N2O. The molecule has 1 aromatic heterocycles. The minimum atomic E-state index is -0.371. The maximum Gasteiger partial charge on any atom is 0.0736 e. The van der Waals surface area contributed by atoms with Gasteiger partial charge in [-0.15, -0.1) is 6.58 Å². The van der Waals surface area contributed by atoms with Crippen molar-refractivity contribution < 1.29 is 4.74 Å². The second-order valence-electron chi connectivity index (χ2n) is 29.2. The van der Waals surface area contributed by atoms with Crippen LogP contribution in [0, 0.1) is 0 Å². The van der Waals surface area contributed by atoms with E-state index in [0.717, 1.165) is 17.7 Å². The van der Waals surface area contributed by atoms with E-state index in [1.807, 2.05) is 18.5 Å². The van der Waals surface area contributed by atoms with Gasteiger partial charge in [0, 0.05) is 25.0 Å². The Hall–Kier alpha value is -9.77. The van der Waals surface area contributed by atoms with E-state index in [9.17, 15) is 0 Å². The topological polar surface area (TPSA) is 25.4 Å². The fourth-order valence-corrected chi connectivity index (χ4v) is 27.5. The number of hydrogen-bond acceptors (Lipinski definition) is 3. The van der Waals surface area contributed by atoms with Crippen molar-refractivity contribution in [2.45, 2.75) is 23.5 Å². The molecule has 358 valence electrons. The number of aromatic nitrogens is 1. The first-order chi connectivity index (χ1) is 41.2. The van der Waals surface area contributed by atoms with Crippen LogP contribution >= 0.6 is 0 Å². The predicted octanol–water partition coefficient (Wildman–Crippen LogP) is 20.2. The van der Waals surface area contributed by atoms with Gasteiger partial charge in [-0.1, -0.05) is 42.5 Å². The van der Waals surface area contributed by atoms with Crippen LogP contribution in [0.3, 0.4) is 0 Å². The molecule has 0 bridgehead atoms. The molecule has 1 aliphatic heterocycles. The van der Waals surface area contributed by atoms with Crippen LogP contribution in [-0.2, 0) is 22.2 Å². The molecule has 1 saturated heterocycles. The van der Waals surface area contributed by atoms with E-state index >= 15 is 0 Å². The highest BCUT2D eigenvalue weighted by Crippen LogP contribution is 2.87. The van der Waals surface area contributed by atoms with Gasteiger partial charge in [-0.2, -0.15) is 0 Å². The molecule has 2 spiro atoms. The molecule has 1 unspecified atom stereocenters. The predicted molar refractivity (Wildman–Crippen MR) is 349 cm³/mol. The smallest absolute Gasteiger partial charge is 0.0736 e. The van der Waals surface area contributed by atoms with Gasteiger partial charge < -0.3 is 4.74 Å². The van der Waals surface area contributed by atoms with Crippen molar-refractivity contribution in [2.24, 2.45) is 0 Å². The molecule has 3 nitrogen and oxygen atoms in total. The second-order valence-corrected chi connectivity index (χ2v) is 29.2. The molecule has 30 aromatic rings. The van der Waals surface area contributed by atoms with Gasteiger partial charge in [0.25, 0.3) is 0 Å². The van der Waals surface area contributed by atoms with E-state index < -0.39 is 0 Å². The fourth-order valence-electron chi connectivity index (χ4n) is 27.5. The molecule has 1 fully saturated rings. The van der Waals surface area contributed by atoms with Gasteiger partial charge in [-0.05, 0) is 348 Å². The molecule has 0 saturated carbocycles. The third-order valence-corrected chi connectivity index (χ3v) is 27.9. The number of ether oxygens (including phenoxy) is 1. The minimum absolute atomic E-state index is 0.104. The lowest BCUT2D eigenvalue weighted by Gasteiger charge is -2.52. The zero-order chi connectivity index (χ0) is 50.6. The monoisotopic (exact) mass is 1030 g/mol. The SMILES string of the molecule is C=CCOCc1cncc(/C=C/c2ccc(C3N(C)CC45c6c7c8c9c%10c%11c(c%12c%13c4c4c6c6c%14c7c7c8c8c%10c%10c%15c%11c%11c%12c%12c%13c%13c4c4c6c6c%14c%14c7c7c8c%10c8c%10c%15c%11c%11c%12c%12c%13c4c4c6c6c%14c7c8c7c%10c%11c%12c4c67)C935)cc2)c1. The average molecular weight is 1030 g/mol. The zero-order valence-electron chi connectivity index (χ0n) is 43.5. The van der Waals surface area contributed by atoms with Gasteiger partial charge in [-0.3, -0.25) is 9.88 Å². The molecule has 83 heavy (non-hydrogen) atoms. The van der Waals surface area contributed by atoms with Gasteiger partial charge in [0.1, 0.15) is 0 Å². The highest BCUT2D eigenvalue weighted by atomic mass is 16.5. The molecule has 3 heteroatoms. The van der Waals surface area contributed by atoms with Crippen LogP contribution in [0.25, 0.3) is 303 Å². The van der Waals surface area contributed by atoms with Crippen LogP contribution in [0.15, 0.2) is 55.4 Å². The van der Waals surface area contributed by atoms with Gasteiger partial charge in [0.15, 0.2) is 0 Å². The molecule has 2 heterocycles. The number of rotatable bonds is 7. The van der Waals surface area contributed by atoms with Crippen LogP contribution < -0.4 is 0 Å². The van der Waals surface area contributed by atoms with E-state index in [4.69, 9.17) is 4.74 Å². The zero-order valence-corrected chi connectivity index (χ0v) is 43.5. The summed E-state index contributed by atoms with van der Waals surface area (Å²) in [7, 11) is 2.57. The van der Waals surface area contributed by atoms with Crippen molar-refractivity contribution in [2.75, 3.05) is 20.2 Å². The Kier molecular flexibility index (Phi) is 3.41. The third-order valence-electron chi connectivity index (χ3n) is 27.9. The van der Waals surface area contributed by atoms with Crippen LogP contribution in [0.1, 0.15) is 50.5 Å². The third kappa shape index (κ3) is 2.10. The van der Waals surface area contributed by atoms with Crippen molar-refractivity contribution in [3.05, 3.63) is 99.9 Å². The summed E-state index contributed by atoms with van der Waals surface area (Å²) in [6, 6.07) is 12.3. The lowest BCUT2D eigenvalue weighted by atomic mass is 9.47. The summed E-state index contributed by atoms with van der Waals surface area (Å²) < 4.78 is 5.82. The second kappa shape index (κ2) is 8.37. The number of benzene rings is 19. The average Bonchev–Trinajstić information content (AvgIpc) is 1.38.